The summed E-state index contributed by atoms with van der Waals surface area (Å²) >= 11 is 0. The highest BCUT2D eigenvalue weighted by atomic mass is 32.2. The van der Waals surface area contributed by atoms with Gasteiger partial charge < -0.3 is 9.84 Å². The van der Waals surface area contributed by atoms with Crippen LogP contribution in [-0.2, 0) is 31.0 Å². The molecule has 2 N–H and O–H groups in total. The first-order valence-corrected chi connectivity index (χ1v) is 8.95. The van der Waals surface area contributed by atoms with Crippen LogP contribution in [0, 0.1) is 6.92 Å². The fraction of sp³-hybridized carbons (Fsp3) is 0.235. The van der Waals surface area contributed by atoms with Crippen molar-refractivity contribution in [1.29, 1.82) is 0 Å². The molecule has 0 aromatic heterocycles. The van der Waals surface area contributed by atoms with E-state index < -0.39 is 22.1 Å². The molecule has 25 heavy (non-hydrogen) atoms. The molecule has 0 amide bonds. The molecule has 0 aliphatic heterocycles. The summed E-state index contributed by atoms with van der Waals surface area (Å²) in [5, 5.41) is 9.13. The summed E-state index contributed by atoms with van der Waals surface area (Å²) in [7, 11) is -3.97. The quantitative estimate of drug-likeness (QED) is 0.658. The van der Waals surface area contributed by atoms with Gasteiger partial charge in [0.15, 0.2) is 0 Å². The molecular weight excluding hydrogens is 346 g/mol. The zero-order valence-electron chi connectivity index (χ0n) is 13.6. The van der Waals surface area contributed by atoms with Gasteiger partial charge in [-0.25, -0.2) is 13.2 Å². The Kier molecular flexibility index (Phi) is 6.65. The number of aryl methyl sites for hydroxylation is 1. The molecule has 0 fully saturated rings. The van der Waals surface area contributed by atoms with Gasteiger partial charge >= 0.3 is 5.97 Å². The van der Waals surface area contributed by atoms with E-state index in [1.807, 2.05) is 42.1 Å². The molecule has 0 spiro atoms. The van der Waals surface area contributed by atoms with E-state index in [-0.39, 0.29) is 18.1 Å². The number of rotatable bonds is 9. The zero-order valence-corrected chi connectivity index (χ0v) is 14.4. The van der Waals surface area contributed by atoms with Crippen molar-refractivity contribution in [1.82, 2.24) is 4.89 Å². The first-order valence-electron chi connectivity index (χ1n) is 7.47. The van der Waals surface area contributed by atoms with Gasteiger partial charge in [0.2, 0.25) is 6.10 Å². The zero-order chi connectivity index (χ0) is 18.3. The summed E-state index contributed by atoms with van der Waals surface area (Å²) in [6, 6.07) is 15.3. The number of ether oxygens (including phenoxy) is 1. The van der Waals surface area contributed by atoms with Crippen LogP contribution in [0.3, 0.4) is 0 Å². The third kappa shape index (κ3) is 5.95. The smallest absolute Gasteiger partial charge is 0.337 e. The largest absolute Gasteiger partial charge is 0.479 e. The van der Waals surface area contributed by atoms with E-state index in [1.165, 1.54) is 12.1 Å². The lowest BCUT2D eigenvalue weighted by molar-refractivity contribution is -0.157. The van der Waals surface area contributed by atoms with Crippen molar-refractivity contribution in [3.63, 3.8) is 0 Å². The van der Waals surface area contributed by atoms with Crippen LogP contribution in [0.15, 0.2) is 59.5 Å². The van der Waals surface area contributed by atoms with Crippen molar-refractivity contribution < 1.29 is 27.9 Å². The highest BCUT2D eigenvalue weighted by Crippen LogP contribution is 2.10. The van der Waals surface area contributed by atoms with Gasteiger partial charge in [-0.1, -0.05) is 52.9 Å². The number of carbonyl (C=O) groups is 1. The molecule has 0 saturated carbocycles. The summed E-state index contributed by atoms with van der Waals surface area (Å²) < 4.78 is 29.5. The second-order valence-electron chi connectivity index (χ2n) is 5.35. The molecule has 0 bridgehead atoms. The van der Waals surface area contributed by atoms with Crippen LogP contribution in [0.25, 0.3) is 0 Å². The van der Waals surface area contributed by atoms with Crippen molar-refractivity contribution >= 4 is 16.0 Å². The summed E-state index contributed by atoms with van der Waals surface area (Å²) in [6.07, 6.45) is -1.47. The minimum absolute atomic E-state index is 0.0209. The van der Waals surface area contributed by atoms with E-state index in [1.54, 1.807) is 12.1 Å². The SMILES string of the molecule is Cc1ccc(S(=O)(=O)NO[C@H](COCc2ccccc2)C(=O)O)cc1. The molecule has 2 aromatic rings. The average Bonchev–Trinajstić information content (AvgIpc) is 2.59. The lowest BCUT2D eigenvalue weighted by Crippen LogP contribution is -2.37. The maximum Gasteiger partial charge on any atom is 0.337 e. The minimum Gasteiger partial charge on any atom is -0.479 e. The Bertz CT molecular complexity index is 790. The number of carboxylic acids is 1. The Morgan fingerprint density at radius 3 is 2.36 bits per heavy atom. The van der Waals surface area contributed by atoms with Gasteiger partial charge in [0, 0.05) is 0 Å². The lowest BCUT2D eigenvalue weighted by Gasteiger charge is -2.14. The molecule has 0 saturated heterocycles. The predicted octanol–water partition coefficient (Wildman–Crippen LogP) is 1.87. The van der Waals surface area contributed by atoms with Crippen LogP contribution in [0.1, 0.15) is 11.1 Å². The monoisotopic (exact) mass is 365 g/mol. The van der Waals surface area contributed by atoms with Crippen LogP contribution < -0.4 is 4.89 Å². The van der Waals surface area contributed by atoms with Gasteiger partial charge in [0.25, 0.3) is 10.0 Å². The van der Waals surface area contributed by atoms with Crippen LogP contribution in [0.4, 0.5) is 0 Å². The average molecular weight is 365 g/mol. The summed E-state index contributed by atoms with van der Waals surface area (Å²) in [4.78, 5) is 17.8. The van der Waals surface area contributed by atoms with Gasteiger partial charge in [-0.15, -0.1) is 0 Å². The molecule has 0 heterocycles. The number of sulfonamides is 1. The molecule has 0 aliphatic carbocycles. The fourth-order valence-electron chi connectivity index (χ4n) is 1.90. The van der Waals surface area contributed by atoms with Gasteiger partial charge in [0.1, 0.15) is 0 Å². The van der Waals surface area contributed by atoms with Crippen LogP contribution in [-0.4, -0.2) is 32.2 Å². The molecule has 0 unspecified atom stereocenters. The van der Waals surface area contributed by atoms with E-state index >= 15 is 0 Å². The van der Waals surface area contributed by atoms with E-state index in [9.17, 15) is 13.2 Å². The second kappa shape index (κ2) is 8.72. The Morgan fingerprint density at radius 2 is 1.76 bits per heavy atom. The third-order valence-electron chi connectivity index (χ3n) is 3.29. The molecule has 0 radical (unpaired) electrons. The van der Waals surface area contributed by atoms with Crippen LogP contribution in [0.5, 0.6) is 0 Å². The van der Waals surface area contributed by atoms with Crippen molar-refractivity contribution in [3.8, 4) is 0 Å². The van der Waals surface area contributed by atoms with Crippen molar-refractivity contribution in [2.24, 2.45) is 0 Å². The highest BCUT2D eigenvalue weighted by molar-refractivity contribution is 7.89. The van der Waals surface area contributed by atoms with E-state index in [0.29, 0.717) is 0 Å². The number of nitrogens with one attached hydrogen (secondary N) is 1. The van der Waals surface area contributed by atoms with Crippen LogP contribution >= 0.6 is 0 Å². The first kappa shape index (κ1) is 19.1. The number of aliphatic carboxylic acids is 1. The van der Waals surface area contributed by atoms with Gasteiger partial charge in [-0.05, 0) is 24.6 Å². The first-order chi connectivity index (χ1) is 11.9. The molecule has 1 atom stereocenters. The summed E-state index contributed by atoms with van der Waals surface area (Å²) in [5.41, 5.74) is 1.77. The standard InChI is InChI=1S/C17H19NO6S/c1-13-7-9-15(10-8-13)25(21,22)18-24-16(17(19)20)12-23-11-14-5-3-2-4-6-14/h2-10,16,18H,11-12H2,1H3,(H,19,20)/t16-/m1/s1. The third-order valence-corrected chi connectivity index (χ3v) is 4.50. The van der Waals surface area contributed by atoms with Gasteiger partial charge in [0.05, 0.1) is 18.1 Å². The Labute approximate surface area is 146 Å². The number of hydrogen-bond acceptors (Lipinski definition) is 5. The number of carboxylic acid groups (broad SMARTS) is 1. The molecule has 0 aliphatic rings. The Balaban J connectivity index is 1.90. The lowest BCUT2D eigenvalue weighted by atomic mass is 10.2. The normalized spacial score (nSPS) is 12.7. The van der Waals surface area contributed by atoms with Crippen molar-refractivity contribution in [2.75, 3.05) is 6.61 Å². The Morgan fingerprint density at radius 1 is 1.12 bits per heavy atom. The Hall–Kier alpha value is -2.26. The van der Waals surface area contributed by atoms with E-state index in [0.717, 1.165) is 11.1 Å². The van der Waals surface area contributed by atoms with Crippen molar-refractivity contribution in [2.45, 2.75) is 24.5 Å². The highest BCUT2D eigenvalue weighted by Gasteiger charge is 2.23. The van der Waals surface area contributed by atoms with Crippen molar-refractivity contribution in [3.05, 3.63) is 65.7 Å². The molecule has 2 rings (SSSR count). The number of benzene rings is 2. The topological polar surface area (TPSA) is 102 Å². The molecule has 2 aromatic carbocycles. The molecular formula is C17H19NO6S. The van der Waals surface area contributed by atoms with E-state index in [2.05, 4.69) is 0 Å². The predicted molar refractivity (Wildman–Crippen MR) is 90.1 cm³/mol. The second-order valence-corrected chi connectivity index (χ2v) is 6.99. The summed E-state index contributed by atoms with van der Waals surface area (Å²) in [5.74, 6) is -1.33. The van der Waals surface area contributed by atoms with E-state index in [4.69, 9.17) is 14.7 Å². The molecule has 7 nitrogen and oxygen atoms in total. The maximum absolute atomic E-state index is 12.1. The summed E-state index contributed by atoms with van der Waals surface area (Å²) in [6.45, 7) is 1.71. The number of hydrogen-bond donors (Lipinski definition) is 2. The molecule has 134 valence electrons. The maximum atomic E-state index is 12.1. The molecule has 8 heteroatoms. The van der Waals surface area contributed by atoms with Crippen LogP contribution in [0.2, 0.25) is 0 Å². The van der Waals surface area contributed by atoms with Gasteiger partial charge in [-0.2, -0.15) is 0 Å². The fourth-order valence-corrected chi connectivity index (χ4v) is 2.73. The minimum atomic E-state index is -3.97. The van der Waals surface area contributed by atoms with Gasteiger partial charge in [-0.3, -0.25) is 4.84 Å².